The smallest absolute Gasteiger partial charge is 0.254 e. The van der Waals surface area contributed by atoms with Gasteiger partial charge in [-0.1, -0.05) is 33.1 Å². The SMILES string of the molecule is Cc1ncc(C(=O)NC(CN)C2CCCCC2)c(C(C)C)n1.Cl. The Morgan fingerprint density at radius 3 is 2.57 bits per heavy atom. The molecule has 6 heteroatoms. The van der Waals surface area contributed by atoms with E-state index < -0.39 is 0 Å². The molecule has 1 heterocycles. The Kier molecular flexibility index (Phi) is 7.92. The Hall–Kier alpha value is -1.20. The molecule has 0 radical (unpaired) electrons. The molecule has 0 aliphatic heterocycles. The highest BCUT2D eigenvalue weighted by Crippen LogP contribution is 2.26. The summed E-state index contributed by atoms with van der Waals surface area (Å²) in [6, 6.07) is 0.0501. The van der Waals surface area contributed by atoms with Gasteiger partial charge >= 0.3 is 0 Å². The molecule has 5 nitrogen and oxygen atoms in total. The van der Waals surface area contributed by atoms with Gasteiger partial charge in [0, 0.05) is 18.8 Å². The largest absolute Gasteiger partial charge is 0.348 e. The zero-order valence-electron chi connectivity index (χ0n) is 14.3. The van der Waals surface area contributed by atoms with Gasteiger partial charge in [0.2, 0.25) is 0 Å². The van der Waals surface area contributed by atoms with E-state index in [-0.39, 0.29) is 30.3 Å². The maximum Gasteiger partial charge on any atom is 0.254 e. The average molecular weight is 341 g/mol. The molecule has 1 aromatic rings. The number of nitrogens with zero attached hydrogens (tertiary/aromatic N) is 2. The number of hydrogen-bond acceptors (Lipinski definition) is 4. The normalized spacial score (nSPS) is 16.7. The van der Waals surface area contributed by atoms with Crippen LogP contribution in [0.25, 0.3) is 0 Å². The number of aromatic nitrogens is 2. The molecule has 0 saturated heterocycles. The van der Waals surface area contributed by atoms with Crippen LogP contribution in [0.3, 0.4) is 0 Å². The molecule has 1 aromatic heterocycles. The van der Waals surface area contributed by atoms with E-state index in [4.69, 9.17) is 5.73 Å². The molecule has 3 N–H and O–H groups in total. The van der Waals surface area contributed by atoms with E-state index >= 15 is 0 Å². The van der Waals surface area contributed by atoms with Crippen LogP contribution in [0.4, 0.5) is 0 Å². The molecule has 0 bridgehead atoms. The lowest BCUT2D eigenvalue weighted by molar-refractivity contribution is 0.0913. The van der Waals surface area contributed by atoms with E-state index in [2.05, 4.69) is 15.3 Å². The highest BCUT2D eigenvalue weighted by atomic mass is 35.5. The van der Waals surface area contributed by atoms with Gasteiger partial charge in [-0.15, -0.1) is 12.4 Å². The molecular formula is C17H29ClN4O. The van der Waals surface area contributed by atoms with Crippen molar-refractivity contribution in [3.63, 3.8) is 0 Å². The average Bonchev–Trinajstić information content (AvgIpc) is 2.53. The van der Waals surface area contributed by atoms with E-state index in [1.54, 1.807) is 6.20 Å². The van der Waals surface area contributed by atoms with Crippen LogP contribution in [0, 0.1) is 12.8 Å². The van der Waals surface area contributed by atoms with Crippen molar-refractivity contribution in [1.82, 2.24) is 15.3 Å². The summed E-state index contributed by atoms with van der Waals surface area (Å²) in [7, 11) is 0. The maximum atomic E-state index is 12.6. The highest BCUT2D eigenvalue weighted by Gasteiger charge is 2.26. The van der Waals surface area contributed by atoms with Crippen LogP contribution in [0.2, 0.25) is 0 Å². The second kappa shape index (κ2) is 9.18. The van der Waals surface area contributed by atoms with Crippen molar-refractivity contribution in [2.75, 3.05) is 6.54 Å². The van der Waals surface area contributed by atoms with Crippen LogP contribution in [0.5, 0.6) is 0 Å². The molecule has 1 aliphatic carbocycles. The summed E-state index contributed by atoms with van der Waals surface area (Å²) < 4.78 is 0. The van der Waals surface area contributed by atoms with Gasteiger partial charge in [-0.25, -0.2) is 9.97 Å². The quantitative estimate of drug-likeness (QED) is 0.863. The third kappa shape index (κ3) is 5.15. The summed E-state index contributed by atoms with van der Waals surface area (Å²) in [5, 5.41) is 3.12. The fourth-order valence-corrected chi connectivity index (χ4v) is 3.25. The topological polar surface area (TPSA) is 80.9 Å². The number of aryl methyl sites for hydroxylation is 1. The van der Waals surface area contributed by atoms with Crippen LogP contribution in [0.15, 0.2) is 6.20 Å². The first-order chi connectivity index (χ1) is 10.5. The Morgan fingerprint density at radius 1 is 1.35 bits per heavy atom. The summed E-state index contributed by atoms with van der Waals surface area (Å²) in [6.07, 6.45) is 7.73. The lowest BCUT2D eigenvalue weighted by Crippen LogP contribution is -2.46. The second-order valence-corrected chi connectivity index (χ2v) is 6.58. The zero-order valence-corrected chi connectivity index (χ0v) is 15.2. The lowest BCUT2D eigenvalue weighted by atomic mass is 9.83. The minimum absolute atomic E-state index is 0. The predicted octanol–water partition coefficient (Wildman–Crippen LogP) is 2.97. The van der Waals surface area contributed by atoms with Gasteiger partial charge < -0.3 is 11.1 Å². The minimum Gasteiger partial charge on any atom is -0.348 e. The van der Waals surface area contributed by atoms with Gasteiger partial charge in [-0.2, -0.15) is 0 Å². The summed E-state index contributed by atoms with van der Waals surface area (Å²) in [6.45, 7) is 6.42. The molecule has 0 aromatic carbocycles. The molecule has 1 fully saturated rings. The molecule has 1 unspecified atom stereocenters. The van der Waals surface area contributed by atoms with Crippen LogP contribution in [-0.2, 0) is 0 Å². The standard InChI is InChI=1S/C17H28N4O.ClH/c1-11(2)16-14(10-19-12(3)20-16)17(22)21-15(9-18)13-7-5-4-6-8-13;/h10-11,13,15H,4-9,18H2,1-3H3,(H,21,22);1H. The fraction of sp³-hybridized carbons (Fsp3) is 0.706. The number of carbonyl (C=O) groups excluding carboxylic acids is 1. The first-order valence-electron chi connectivity index (χ1n) is 8.37. The fourth-order valence-electron chi connectivity index (χ4n) is 3.25. The number of halogens is 1. The molecule has 1 saturated carbocycles. The van der Waals surface area contributed by atoms with Crippen LogP contribution in [0.1, 0.15) is 73.7 Å². The lowest BCUT2D eigenvalue weighted by Gasteiger charge is -2.30. The van der Waals surface area contributed by atoms with Crippen molar-refractivity contribution in [2.45, 2.75) is 64.8 Å². The maximum absolute atomic E-state index is 12.6. The van der Waals surface area contributed by atoms with Crippen LogP contribution in [-0.4, -0.2) is 28.5 Å². The third-order valence-corrected chi connectivity index (χ3v) is 4.52. The first kappa shape index (κ1) is 19.8. The van der Waals surface area contributed by atoms with Gasteiger partial charge in [0.15, 0.2) is 0 Å². The third-order valence-electron chi connectivity index (χ3n) is 4.52. The summed E-state index contributed by atoms with van der Waals surface area (Å²) in [4.78, 5) is 21.3. The number of hydrogen-bond donors (Lipinski definition) is 2. The Balaban J connectivity index is 0.00000264. The number of rotatable bonds is 5. The molecule has 1 amide bonds. The number of nitrogens with one attached hydrogen (secondary N) is 1. The molecule has 130 valence electrons. The molecule has 1 aliphatic rings. The molecule has 2 rings (SSSR count). The Morgan fingerprint density at radius 2 is 2.00 bits per heavy atom. The number of nitrogens with two attached hydrogens (primary N) is 1. The van der Waals surface area contributed by atoms with Crippen molar-refractivity contribution < 1.29 is 4.79 Å². The second-order valence-electron chi connectivity index (χ2n) is 6.58. The van der Waals surface area contributed by atoms with Crippen molar-refractivity contribution in [1.29, 1.82) is 0 Å². The van der Waals surface area contributed by atoms with E-state index in [1.165, 1.54) is 19.3 Å². The van der Waals surface area contributed by atoms with E-state index in [0.29, 0.717) is 23.9 Å². The van der Waals surface area contributed by atoms with Crippen LogP contribution < -0.4 is 11.1 Å². The number of amides is 1. The van der Waals surface area contributed by atoms with E-state index in [1.807, 2.05) is 20.8 Å². The minimum atomic E-state index is -0.0928. The monoisotopic (exact) mass is 340 g/mol. The van der Waals surface area contributed by atoms with Gasteiger partial charge in [0.05, 0.1) is 11.3 Å². The summed E-state index contributed by atoms with van der Waals surface area (Å²) in [5.41, 5.74) is 7.29. The molecular weight excluding hydrogens is 312 g/mol. The summed E-state index contributed by atoms with van der Waals surface area (Å²) >= 11 is 0. The van der Waals surface area contributed by atoms with Gasteiger partial charge in [0.25, 0.3) is 5.91 Å². The van der Waals surface area contributed by atoms with Crippen molar-refractivity contribution in [3.05, 3.63) is 23.3 Å². The highest BCUT2D eigenvalue weighted by molar-refractivity contribution is 5.95. The molecule has 1 atom stereocenters. The van der Waals surface area contributed by atoms with Crippen molar-refractivity contribution >= 4 is 18.3 Å². The van der Waals surface area contributed by atoms with Gasteiger partial charge in [-0.05, 0) is 31.6 Å². The van der Waals surface area contributed by atoms with Crippen molar-refractivity contribution in [3.8, 4) is 0 Å². The predicted molar refractivity (Wildman–Crippen MR) is 95.0 cm³/mol. The first-order valence-corrected chi connectivity index (χ1v) is 8.37. The molecule has 0 spiro atoms. The van der Waals surface area contributed by atoms with Gasteiger partial charge in [-0.3, -0.25) is 4.79 Å². The summed E-state index contributed by atoms with van der Waals surface area (Å²) in [5.74, 6) is 1.29. The van der Waals surface area contributed by atoms with E-state index in [9.17, 15) is 4.79 Å². The van der Waals surface area contributed by atoms with Gasteiger partial charge in [0.1, 0.15) is 5.82 Å². The Labute approximate surface area is 145 Å². The zero-order chi connectivity index (χ0) is 16.1. The number of carbonyl (C=O) groups is 1. The molecule has 23 heavy (non-hydrogen) atoms. The van der Waals surface area contributed by atoms with Crippen LogP contribution >= 0.6 is 12.4 Å². The van der Waals surface area contributed by atoms with E-state index in [0.717, 1.165) is 18.5 Å². The Bertz CT molecular complexity index is 515. The van der Waals surface area contributed by atoms with Crippen molar-refractivity contribution in [2.24, 2.45) is 11.7 Å².